The molecule has 2 aliphatic heterocycles. The third kappa shape index (κ3) is 4.54. The summed E-state index contributed by atoms with van der Waals surface area (Å²) in [4.78, 5) is 27.9. The second-order valence-electron chi connectivity index (χ2n) is 6.76. The van der Waals surface area contributed by atoms with Crippen LogP contribution < -0.4 is 10.6 Å². The summed E-state index contributed by atoms with van der Waals surface area (Å²) in [5, 5.41) is 5.65. The highest BCUT2D eigenvalue weighted by molar-refractivity contribution is 8.00. The minimum atomic E-state index is -0.234. The van der Waals surface area contributed by atoms with Crippen LogP contribution in [0.1, 0.15) is 30.6 Å². The van der Waals surface area contributed by atoms with Crippen LogP contribution in [0.15, 0.2) is 23.1 Å². The van der Waals surface area contributed by atoms with Gasteiger partial charge in [0.2, 0.25) is 0 Å². The van der Waals surface area contributed by atoms with E-state index in [0.29, 0.717) is 31.2 Å². The van der Waals surface area contributed by atoms with E-state index in [2.05, 4.69) is 29.4 Å². The summed E-state index contributed by atoms with van der Waals surface area (Å²) in [5.74, 6) is 0.423. The predicted octanol–water partition coefficient (Wildman–Crippen LogP) is 2.17. The normalized spacial score (nSPS) is 20.9. The van der Waals surface area contributed by atoms with Crippen molar-refractivity contribution in [2.24, 2.45) is 5.92 Å². The van der Waals surface area contributed by atoms with Gasteiger partial charge in [0.15, 0.2) is 0 Å². The predicted molar refractivity (Wildman–Crippen MR) is 98.9 cm³/mol. The molecule has 0 bridgehead atoms. The zero-order chi connectivity index (χ0) is 17.8. The maximum atomic E-state index is 12.5. The largest absolute Gasteiger partial charge is 0.379 e. The molecular weight excluding hydrogens is 338 g/mol. The van der Waals surface area contributed by atoms with Gasteiger partial charge in [-0.3, -0.25) is 14.5 Å². The first-order valence-corrected chi connectivity index (χ1v) is 9.64. The van der Waals surface area contributed by atoms with Gasteiger partial charge in [-0.25, -0.2) is 0 Å². The van der Waals surface area contributed by atoms with Gasteiger partial charge in [-0.15, -0.1) is 0 Å². The molecule has 0 aromatic heterocycles. The Labute approximate surface area is 152 Å². The van der Waals surface area contributed by atoms with Crippen molar-refractivity contribution in [3.8, 4) is 0 Å². The standard InChI is InChI=1S/C18H25N3O3S/c1-12(2)5-6-19-16(22)13-3-4-15-14(11-13)20-17(23)18(25-15)21-7-9-24-10-8-21/h3-4,11-12,18H,5-10H2,1-2H3,(H,19,22)(H,20,23)/t18-/m1/s1. The minimum absolute atomic E-state index is 0.0308. The summed E-state index contributed by atoms with van der Waals surface area (Å²) in [6.07, 6.45) is 0.949. The van der Waals surface area contributed by atoms with E-state index >= 15 is 0 Å². The molecule has 0 aliphatic carbocycles. The SMILES string of the molecule is CC(C)CCNC(=O)c1ccc2c(c1)NC(=O)[C@H](N1CCOCC1)S2. The number of rotatable bonds is 5. The quantitative estimate of drug-likeness (QED) is 0.839. The van der Waals surface area contributed by atoms with Crippen LogP contribution in [0.25, 0.3) is 0 Å². The molecule has 2 amide bonds. The summed E-state index contributed by atoms with van der Waals surface area (Å²) >= 11 is 1.54. The Hall–Kier alpha value is -1.57. The number of amides is 2. The van der Waals surface area contributed by atoms with E-state index in [1.54, 1.807) is 17.8 Å². The van der Waals surface area contributed by atoms with Crippen molar-refractivity contribution in [1.29, 1.82) is 0 Å². The number of morpholine rings is 1. The first-order valence-electron chi connectivity index (χ1n) is 8.76. The number of ether oxygens (including phenoxy) is 1. The van der Waals surface area contributed by atoms with E-state index in [4.69, 9.17) is 4.74 Å². The number of anilines is 1. The zero-order valence-electron chi connectivity index (χ0n) is 14.7. The van der Waals surface area contributed by atoms with Crippen molar-refractivity contribution in [2.45, 2.75) is 30.5 Å². The molecule has 1 atom stereocenters. The van der Waals surface area contributed by atoms with Gasteiger partial charge in [0.05, 0.1) is 18.9 Å². The third-order valence-corrected chi connectivity index (χ3v) is 5.69. The fourth-order valence-electron chi connectivity index (χ4n) is 2.87. The van der Waals surface area contributed by atoms with Gasteiger partial charge in [0, 0.05) is 30.1 Å². The Balaban J connectivity index is 1.66. The Morgan fingerprint density at radius 1 is 1.40 bits per heavy atom. The second kappa shape index (κ2) is 8.21. The molecule has 0 spiro atoms. The van der Waals surface area contributed by atoms with Gasteiger partial charge in [-0.2, -0.15) is 0 Å². The van der Waals surface area contributed by atoms with Gasteiger partial charge in [0.25, 0.3) is 11.8 Å². The fourth-order valence-corrected chi connectivity index (χ4v) is 4.02. The maximum Gasteiger partial charge on any atom is 0.252 e. The molecule has 0 saturated carbocycles. The van der Waals surface area contributed by atoms with Crippen molar-refractivity contribution < 1.29 is 14.3 Å². The van der Waals surface area contributed by atoms with Crippen LogP contribution in [0.2, 0.25) is 0 Å². The van der Waals surface area contributed by atoms with E-state index in [1.165, 1.54) is 0 Å². The molecule has 2 N–H and O–H groups in total. The van der Waals surface area contributed by atoms with E-state index in [0.717, 1.165) is 30.1 Å². The molecule has 0 radical (unpaired) electrons. The Morgan fingerprint density at radius 3 is 2.88 bits per heavy atom. The second-order valence-corrected chi connectivity index (χ2v) is 7.88. The summed E-state index contributed by atoms with van der Waals surface area (Å²) in [7, 11) is 0. The molecule has 1 aromatic rings. The van der Waals surface area contributed by atoms with E-state index in [-0.39, 0.29) is 17.2 Å². The summed E-state index contributed by atoms with van der Waals surface area (Å²) in [6, 6.07) is 5.51. The number of fused-ring (bicyclic) bond motifs is 1. The molecule has 0 unspecified atom stereocenters. The fraction of sp³-hybridized carbons (Fsp3) is 0.556. The van der Waals surface area contributed by atoms with Crippen molar-refractivity contribution in [3.63, 3.8) is 0 Å². The Kier molecular flexibility index (Phi) is 5.98. The number of nitrogens with one attached hydrogen (secondary N) is 2. The molecule has 1 saturated heterocycles. The van der Waals surface area contributed by atoms with E-state index in [1.807, 2.05) is 12.1 Å². The number of hydrogen-bond donors (Lipinski definition) is 2. The topological polar surface area (TPSA) is 70.7 Å². The van der Waals surface area contributed by atoms with Gasteiger partial charge in [-0.1, -0.05) is 25.6 Å². The molecule has 25 heavy (non-hydrogen) atoms. The van der Waals surface area contributed by atoms with Gasteiger partial charge < -0.3 is 15.4 Å². The highest BCUT2D eigenvalue weighted by Gasteiger charge is 2.33. The van der Waals surface area contributed by atoms with Crippen molar-refractivity contribution in [2.75, 3.05) is 38.2 Å². The number of thioether (sulfide) groups is 1. The van der Waals surface area contributed by atoms with Crippen molar-refractivity contribution in [3.05, 3.63) is 23.8 Å². The van der Waals surface area contributed by atoms with E-state index in [9.17, 15) is 9.59 Å². The molecule has 1 fully saturated rings. The molecule has 3 rings (SSSR count). The number of benzene rings is 1. The molecule has 1 aromatic carbocycles. The van der Waals surface area contributed by atoms with Crippen LogP contribution in [0.5, 0.6) is 0 Å². The van der Waals surface area contributed by atoms with Gasteiger partial charge >= 0.3 is 0 Å². The van der Waals surface area contributed by atoms with Crippen LogP contribution in [0.3, 0.4) is 0 Å². The highest BCUT2D eigenvalue weighted by atomic mass is 32.2. The van der Waals surface area contributed by atoms with Crippen LogP contribution in [-0.4, -0.2) is 54.9 Å². The monoisotopic (exact) mass is 363 g/mol. The average Bonchev–Trinajstić information content (AvgIpc) is 2.61. The molecule has 2 aliphatic rings. The number of hydrogen-bond acceptors (Lipinski definition) is 5. The van der Waals surface area contributed by atoms with Gasteiger partial charge in [-0.05, 0) is 30.5 Å². The smallest absolute Gasteiger partial charge is 0.252 e. The van der Waals surface area contributed by atoms with Crippen molar-refractivity contribution in [1.82, 2.24) is 10.2 Å². The third-order valence-electron chi connectivity index (χ3n) is 4.35. The van der Waals surface area contributed by atoms with Crippen LogP contribution in [0.4, 0.5) is 5.69 Å². The minimum Gasteiger partial charge on any atom is -0.379 e. The summed E-state index contributed by atoms with van der Waals surface area (Å²) < 4.78 is 5.36. The number of carbonyl (C=O) groups excluding carboxylic acids is 2. The van der Waals surface area contributed by atoms with Crippen molar-refractivity contribution >= 4 is 29.3 Å². The average molecular weight is 363 g/mol. The number of nitrogens with zero attached hydrogens (tertiary/aromatic N) is 1. The highest BCUT2D eigenvalue weighted by Crippen LogP contribution is 2.37. The Bertz CT molecular complexity index is 644. The first-order chi connectivity index (χ1) is 12.0. The molecule has 2 heterocycles. The lowest BCUT2D eigenvalue weighted by Gasteiger charge is -2.35. The first kappa shape index (κ1) is 18.2. The van der Waals surface area contributed by atoms with Crippen LogP contribution >= 0.6 is 11.8 Å². The lowest BCUT2D eigenvalue weighted by Crippen LogP contribution is -2.48. The molecule has 136 valence electrons. The number of carbonyl (C=O) groups is 2. The van der Waals surface area contributed by atoms with E-state index < -0.39 is 0 Å². The molecule has 7 heteroatoms. The van der Waals surface area contributed by atoms with Crippen LogP contribution in [0, 0.1) is 5.92 Å². The van der Waals surface area contributed by atoms with Gasteiger partial charge in [0.1, 0.15) is 5.37 Å². The lowest BCUT2D eigenvalue weighted by molar-refractivity contribution is -0.119. The molecular formula is C18H25N3O3S. The maximum absolute atomic E-state index is 12.5. The summed E-state index contributed by atoms with van der Waals surface area (Å²) in [5.41, 5.74) is 1.30. The Morgan fingerprint density at radius 2 is 2.16 bits per heavy atom. The summed E-state index contributed by atoms with van der Waals surface area (Å²) in [6.45, 7) is 7.76. The van der Waals surface area contributed by atoms with Crippen LogP contribution in [-0.2, 0) is 9.53 Å². The zero-order valence-corrected chi connectivity index (χ0v) is 15.5. The lowest BCUT2D eigenvalue weighted by atomic mass is 10.1. The molecule has 6 nitrogen and oxygen atoms in total.